The lowest BCUT2D eigenvalue weighted by molar-refractivity contribution is -0.127. The van der Waals surface area contributed by atoms with E-state index in [1.807, 2.05) is 0 Å². The number of hydrogen-bond donors (Lipinski definition) is 2. The molecule has 4 nitrogen and oxygen atoms in total. The third-order valence-electron chi connectivity index (χ3n) is 5.87. The molecule has 1 amide bonds. The molecule has 0 radical (unpaired) electrons. The van der Waals surface area contributed by atoms with Crippen molar-refractivity contribution in [2.45, 2.75) is 83.2 Å². The minimum absolute atomic E-state index is 0. The van der Waals surface area contributed by atoms with E-state index in [0.717, 1.165) is 32.2 Å². The quantitative estimate of drug-likeness (QED) is 0.709. The van der Waals surface area contributed by atoms with E-state index in [0.29, 0.717) is 12.0 Å². The second-order valence-corrected chi connectivity index (χ2v) is 7.31. The molecule has 2 fully saturated rings. The lowest BCUT2D eigenvalue weighted by Gasteiger charge is -2.36. The van der Waals surface area contributed by atoms with E-state index in [1.165, 1.54) is 45.2 Å². The number of nitrogens with two attached hydrogens (primary N) is 1. The van der Waals surface area contributed by atoms with Gasteiger partial charge in [-0.25, -0.2) is 0 Å². The summed E-state index contributed by atoms with van der Waals surface area (Å²) in [7, 11) is 0. The molecule has 24 heavy (non-hydrogen) atoms. The highest BCUT2D eigenvalue weighted by Gasteiger charge is 2.36. The first kappa shape index (κ1) is 24.0. The molecule has 1 atom stereocenters. The van der Waals surface area contributed by atoms with Gasteiger partial charge in [0, 0.05) is 12.6 Å². The molecule has 1 saturated carbocycles. The number of nitrogens with zero attached hydrogens (tertiary/aromatic N) is 1. The van der Waals surface area contributed by atoms with Gasteiger partial charge >= 0.3 is 0 Å². The van der Waals surface area contributed by atoms with Crippen LogP contribution in [-0.2, 0) is 4.79 Å². The minimum atomic E-state index is -0.609. The number of halogens is 2. The molecular formula is C18H37Cl2N3O. The molecule has 0 aromatic heterocycles. The highest BCUT2D eigenvalue weighted by Crippen LogP contribution is 2.27. The second-order valence-electron chi connectivity index (χ2n) is 7.31. The van der Waals surface area contributed by atoms with Gasteiger partial charge in [0.1, 0.15) is 0 Å². The summed E-state index contributed by atoms with van der Waals surface area (Å²) >= 11 is 0. The minimum Gasteiger partial charge on any atom is -0.353 e. The van der Waals surface area contributed by atoms with Crippen molar-refractivity contribution in [1.29, 1.82) is 0 Å². The number of rotatable bonds is 7. The maximum Gasteiger partial charge on any atom is 0.240 e. The van der Waals surface area contributed by atoms with Crippen LogP contribution in [0.3, 0.4) is 0 Å². The Morgan fingerprint density at radius 1 is 1.04 bits per heavy atom. The molecule has 6 heteroatoms. The summed E-state index contributed by atoms with van der Waals surface area (Å²) in [5.41, 5.74) is 5.75. The van der Waals surface area contributed by atoms with Gasteiger partial charge in [-0.3, -0.25) is 9.69 Å². The van der Waals surface area contributed by atoms with Gasteiger partial charge in [-0.15, -0.1) is 24.8 Å². The van der Waals surface area contributed by atoms with Crippen LogP contribution in [0.25, 0.3) is 0 Å². The van der Waals surface area contributed by atoms with E-state index in [-0.39, 0.29) is 30.7 Å². The van der Waals surface area contributed by atoms with Crippen LogP contribution in [0.4, 0.5) is 0 Å². The van der Waals surface area contributed by atoms with E-state index in [2.05, 4.69) is 24.1 Å². The third kappa shape index (κ3) is 6.05. The standard InChI is InChI=1S/C18H35N3O.2ClH/c1-3-15(4-2)16(21-12-8-9-13-21)14-20-17(22)18(19)10-6-5-7-11-18;;/h15-16H,3-14,19H2,1-2H3,(H,20,22);2*1H. The molecule has 1 heterocycles. The lowest BCUT2D eigenvalue weighted by atomic mass is 9.81. The van der Waals surface area contributed by atoms with Gasteiger partial charge in [0.2, 0.25) is 5.91 Å². The second kappa shape index (κ2) is 11.6. The van der Waals surface area contributed by atoms with E-state index in [9.17, 15) is 4.79 Å². The molecule has 1 unspecified atom stereocenters. The first-order valence-electron chi connectivity index (χ1n) is 9.42. The van der Waals surface area contributed by atoms with Crippen molar-refractivity contribution >= 4 is 30.7 Å². The van der Waals surface area contributed by atoms with Crippen LogP contribution in [-0.4, -0.2) is 42.0 Å². The zero-order valence-corrected chi connectivity index (χ0v) is 17.0. The third-order valence-corrected chi connectivity index (χ3v) is 5.87. The fourth-order valence-corrected chi connectivity index (χ4v) is 4.28. The van der Waals surface area contributed by atoms with Crippen molar-refractivity contribution in [3.05, 3.63) is 0 Å². The molecule has 2 rings (SSSR count). The van der Waals surface area contributed by atoms with Crippen LogP contribution in [0.5, 0.6) is 0 Å². The molecule has 0 spiro atoms. The first-order valence-corrected chi connectivity index (χ1v) is 9.42. The fourth-order valence-electron chi connectivity index (χ4n) is 4.28. The summed E-state index contributed by atoms with van der Waals surface area (Å²) in [4.78, 5) is 15.2. The van der Waals surface area contributed by atoms with E-state index < -0.39 is 5.54 Å². The van der Waals surface area contributed by atoms with Crippen molar-refractivity contribution < 1.29 is 4.79 Å². The summed E-state index contributed by atoms with van der Waals surface area (Å²) in [6, 6.07) is 0.480. The zero-order valence-electron chi connectivity index (χ0n) is 15.4. The molecule has 0 aromatic rings. The number of carbonyl (C=O) groups is 1. The maximum absolute atomic E-state index is 12.6. The van der Waals surface area contributed by atoms with Crippen molar-refractivity contribution in [3.8, 4) is 0 Å². The van der Waals surface area contributed by atoms with Crippen molar-refractivity contribution in [2.75, 3.05) is 19.6 Å². The SMILES string of the molecule is CCC(CC)C(CNC(=O)C1(N)CCCCC1)N1CCCC1.Cl.Cl. The van der Waals surface area contributed by atoms with Gasteiger partial charge in [-0.05, 0) is 44.7 Å². The number of hydrogen-bond acceptors (Lipinski definition) is 3. The topological polar surface area (TPSA) is 58.4 Å². The Morgan fingerprint density at radius 2 is 1.58 bits per heavy atom. The van der Waals surface area contributed by atoms with Gasteiger partial charge in [-0.1, -0.05) is 46.0 Å². The summed E-state index contributed by atoms with van der Waals surface area (Å²) in [6.45, 7) is 7.68. The highest BCUT2D eigenvalue weighted by atomic mass is 35.5. The monoisotopic (exact) mass is 381 g/mol. The van der Waals surface area contributed by atoms with Crippen LogP contribution in [0.1, 0.15) is 71.6 Å². The zero-order chi connectivity index (χ0) is 16.0. The Morgan fingerprint density at radius 3 is 2.08 bits per heavy atom. The fraction of sp³-hybridized carbons (Fsp3) is 0.944. The average molecular weight is 382 g/mol. The lowest BCUT2D eigenvalue weighted by Crippen LogP contribution is -2.57. The Labute approximate surface area is 160 Å². The van der Waals surface area contributed by atoms with Gasteiger partial charge in [-0.2, -0.15) is 0 Å². The molecule has 1 saturated heterocycles. The van der Waals surface area contributed by atoms with Gasteiger partial charge in [0.25, 0.3) is 0 Å². The summed E-state index contributed by atoms with van der Waals surface area (Å²) < 4.78 is 0. The van der Waals surface area contributed by atoms with Gasteiger partial charge in [0.05, 0.1) is 5.54 Å². The number of nitrogens with one attached hydrogen (secondary N) is 1. The molecule has 3 N–H and O–H groups in total. The highest BCUT2D eigenvalue weighted by molar-refractivity contribution is 5.86. The maximum atomic E-state index is 12.6. The van der Waals surface area contributed by atoms with Crippen molar-refractivity contribution in [1.82, 2.24) is 10.2 Å². The van der Waals surface area contributed by atoms with Crippen LogP contribution in [0, 0.1) is 5.92 Å². The van der Waals surface area contributed by atoms with Crippen molar-refractivity contribution in [3.63, 3.8) is 0 Å². The van der Waals surface area contributed by atoms with Crippen LogP contribution in [0.15, 0.2) is 0 Å². The summed E-state index contributed by atoms with van der Waals surface area (Å²) in [6.07, 6.45) is 10.0. The van der Waals surface area contributed by atoms with E-state index in [4.69, 9.17) is 5.73 Å². The molecule has 0 aromatic carbocycles. The number of likely N-dealkylation sites (tertiary alicyclic amines) is 1. The molecule has 2 aliphatic rings. The van der Waals surface area contributed by atoms with Crippen LogP contribution >= 0.6 is 24.8 Å². The Hall–Kier alpha value is -0.0300. The summed E-state index contributed by atoms with van der Waals surface area (Å²) in [5, 5.41) is 3.21. The molecule has 0 bridgehead atoms. The Balaban J connectivity index is 0.00000264. The number of amides is 1. The van der Waals surface area contributed by atoms with Crippen LogP contribution in [0.2, 0.25) is 0 Å². The van der Waals surface area contributed by atoms with Crippen molar-refractivity contribution in [2.24, 2.45) is 11.7 Å². The molecule has 144 valence electrons. The largest absolute Gasteiger partial charge is 0.353 e. The van der Waals surface area contributed by atoms with Gasteiger partial charge < -0.3 is 11.1 Å². The van der Waals surface area contributed by atoms with Gasteiger partial charge in [0.15, 0.2) is 0 Å². The van der Waals surface area contributed by atoms with E-state index >= 15 is 0 Å². The van der Waals surface area contributed by atoms with Crippen LogP contribution < -0.4 is 11.1 Å². The smallest absolute Gasteiger partial charge is 0.240 e. The molecular weight excluding hydrogens is 345 g/mol. The predicted molar refractivity (Wildman–Crippen MR) is 106 cm³/mol. The van der Waals surface area contributed by atoms with E-state index in [1.54, 1.807) is 0 Å². The summed E-state index contributed by atoms with van der Waals surface area (Å²) in [5.74, 6) is 0.751. The molecule has 1 aliphatic carbocycles. The predicted octanol–water partition coefficient (Wildman–Crippen LogP) is 3.51. The normalized spacial score (nSPS) is 21.7. The molecule has 1 aliphatic heterocycles. The Bertz CT molecular complexity index is 350. The average Bonchev–Trinajstić information content (AvgIpc) is 3.06. The number of carbonyl (C=O) groups excluding carboxylic acids is 1. The first-order chi connectivity index (χ1) is 10.6. The Kier molecular flexibility index (Phi) is 11.5.